The standard InChI is InChI=1S/C15H25N3O2/c1-8(2)13(9(3)16-4)15-17-14(18-20-15)11-7-10-5-6-12(11)19-10/h8-13,16H,5-7H2,1-4H3. The van der Waals surface area contributed by atoms with Crippen molar-refractivity contribution in [2.45, 2.75) is 70.1 Å². The largest absolute Gasteiger partial charge is 0.374 e. The Morgan fingerprint density at radius 3 is 2.60 bits per heavy atom. The fourth-order valence-electron chi connectivity index (χ4n) is 3.70. The van der Waals surface area contributed by atoms with E-state index < -0.39 is 0 Å². The Kier molecular flexibility index (Phi) is 3.82. The van der Waals surface area contributed by atoms with E-state index in [1.54, 1.807) is 0 Å². The van der Waals surface area contributed by atoms with Crippen LogP contribution in [0.15, 0.2) is 4.52 Å². The van der Waals surface area contributed by atoms with Crippen LogP contribution in [0.1, 0.15) is 63.6 Å². The summed E-state index contributed by atoms with van der Waals surface area (Å²) in [5, 5.41) is 7.54. The van der Waals surface area contributed by atoms with Crippen LogP contribution in [0, 0.1) is 5.92 Å². The van der Waals surface area contributed by atoms with Crippen molar-refractivity contribution < 1.29 is 9.26 Å². The molecule has 2 saturated heterocycles. The molecular formula is C15H25N3O2. The zero-order chi connectivity index (χ0) is 14.3. The second-order valence-electron chi connectivity index (χ2n) is 6.55. The van der Waals surface area contributed by atoms with Crippen molar-refractivity contribution in [2.24, 2.45) is 5.92 Å². The Morgan fingerprint density at radius 1 is 1.25 bits per heavy atom. The summed E-state index contributed by atoms with van der Waals surface area (Å²) in [7, 11) is 1.97. The zero-order valence-corrected chi connectivity index (χ0v) is 12.8. The topological polar surface area (TPSA) is 60.2 Å². The summed E-state index contributed by atoms with van der Waals surface area (Å²) in [6, 6.07) is 0.319. The summed E-state index contributed by atoms with van der Waals surface area (Å²) in [6.07, 6.45) is 4.11. The normalized spacial score (nSPS) is 31.9. The van der Waals surface area contributed by atoms with Crippen LogP contribution in [-0.2, 0) is 4.74 Å². The van der Waals surface area contributed by atoms with Crippen LogP contribution >= 0.6 is 0 Å². The van der Waals surface area contributed by atoms with Crippen LogP contribution < -0.4 is 5.32 Å². The van der Waals surface area contributed by atoms with Crippen LogP contribution in [0.3, 0.4) is 0 Å². The zero-order valence-electron chi connectivity index (χ0n) is 12.8. The maximum atomic E-state index is 5.89. The molecule has 5 atom stereocenters. The first-order valence-electron chi connectivity index (χ1n) is 7.76. The molecule has 0 aliphatic carbocycles. The van der Waals surface area contributed by atoms with Gasteiger partial charge in [0.2, 0.25) is 5.89 Å². The van der Waals surface area contributed by atoms with E-state index in [1.165, 1.54) is 6.42 Å². The highest BCUT2D eigenvalue weighted by Crippen LogP contribution is 2.43. The molecule has 20 heavy (non-hydrogen) atoms. The lowest BCUT2D eigenvalue weighted by molar-refractivity contribution is 0.0996. The SMILES string of the molecule is CNC(C)C(c1nc(C2CC3CCC2O3)no1)C(C)C. The highest BCUT2D eigenvalue weighted by atomic mass is 16.5. The number of rotatable bonds is 5. The molecule has 1 N–H and O–H groups in total. The number of nitrogens with one attached hydrogen (secondary N) is 1. The number of aromatic nitrogens is 2. The molecule has 112 valence electrons. The van der Waals surface area contributed by atoms with E-state index in [0.29, 0.717) is 30.1 Å². The van der Waals surface area contributed by atoms with E-state index in [-0.39, 0.29) is 5.92 Å². The Morgan fingerprint density at radius 2 is 2.05 bits per heavy atom. The van der Waals surface area contributed by atoms with Gasteiger partial charge in [-0.15, -0.1) is 0 Å². The molecule has 5 nitrogen and oxygen atoms in total. The Labute approximate surface area is 120 Å². The minimum absolute atomic E-state index is 0.251. The van der Waals surface area contributed by atoms with Crippen LogP contribution in [0.4, 0.5) is 0 Å². The molecule has 5 heteroatoms. The third kappa shape index (κ3) is 2.37. The van der Waals surface area contributed by atoms with Crippen molar-refractivity contribution in [1.29, 1.82) is 0 Å². The van der Waals surface area contributed by atoms with Gasteiger partial charge < -0.3 is 14.6 Å². The van der Waals surface area contributed by atoms with E-state index in [9.17, 15) is 0 Å². The van der Waals surface area contributed by atoms with E-state index >= 15 is 0 Å². The number of likely N-dealkylation sites (N-methyl/N-ethyl adjacent to an activating group) is 1. The molecule has 2 aliphatic heterocycles. The van der Waals surface area contributed by atoms with E-state index in [1.807, 2.05) is 7.05 Å². The predicted molar refractivity (Wildman–Crippen MR) is 75.7 cm³/mol. The number of hydrogen-bond acceptors (Lipinski definition) is 5. The number of hydrogen-bond donors (Lipinski definition) is 1. The second-order valence-corrected chi connectivity index (χ2v) is 6.55. The molecule has 0 radical (unpaired) electrons. The van der Waals surface area contributed by atoms with Crippen LogP contribution in [0.5, 0.6) is 0 Å². The first kappa shape index (κ1) is 14.0. The molecule has 2 aliphatic rings. The van der Waals surface area contributed by atoms with Gasteiger partial charge in [-0.2, -0.15) is 4.98 Å². The molecule has 1 aromatic heterocycles. The smallest absolute Gasteiger partial charge is 0.231 e. The molecule has 1 aromatic rings. The summed E-state index contributed by atoms with van der Waals surface area (Å²) in [5.74, 6) is 2.66. The fourth-order valence-corrected chi connectivity index (χ4v) is 3.70. The monoisotopic (exact) mass is 279 g/mol. The average molecular weight is 279 g/mol. The van der Waals surface area contributed by atoms with Crippen molar-refractivity contribution >= 4 is 0 Å². The second kappa shape index (κ2) is 5.45. The van der Waals surface area contributed by atoms with Gasteiger partial charge in [-0.25, -0.2) is 0 Å². The van der Waals surface area contributed by atoms with Gasteiger partial charge in [-0.3, -0.25) is 0 Å². The minimum atomic E-state index is 0.251. The quantitative estimate of drug-likeness (QED) is 0.897. The lowest BCUT2D eigenvalue weighted by Crippen LogP contribution is -2.32. The van der Waals surface area contributed by atoms with Crippen LogP contribution in [0.25, 0.3) is 0 Å². The van der Waals surface area contributed by atoms with Gasteiger partial charge in [0, 0.05) is 6.04 Å². The van der Waals surface area contributed by atoms with Gasteiger partial charge in [0.25, 0.3) is 0 Å². The summed E-state index contributed by atoms with van der Waals surface area (Å²) in [6.45, 7) is 6.56. The van der Waals surface area contributed by atoms with Crippen molar-refractivity contribution in [3.05, 3.63) is 11.7 Å². The predicted octanol–water partition coefficient (Wildman–Crippen LogP) is 2.45. The summed E-state index contributed by atoms with van der Waals surface area (Å²) in [4.78, 5) is 4.70. The molecular weight excluding hydrogens is 254 g/mol. The van der Waals surface area contributed by atoms with Gasteiger partial charge in [0.05, 0.1) is 24.0 Å². The lowest BCUT2D eigenvalue weighted by atomic mass is 9.88. The number of nitrogens with zero attached hydrogens (tertiary/aromatic N) is 2. The van der Waals surface area contributed by atoms with Crippen molar-refractivity contribution in [2.75, 3.05) is 7.05 Å². The van der Waals surface area contributed by atoms with Gasteiger partial charge in [-0.1, -0.05) is 19.0 Å². The molecule has 2 bridgehead atoms. The number of fused-ring (bicyclic) bond motifs is 2. The summed E-state index contributed by atoms with van der Waals surface area (Å²) < 4.78 is 11.5. The van der Waals surface area contributed by atoms with Gasteiger partial charge in [0.1, 0.15) is 0 Å². The first-order valence-corrected chi connectivity index (χ1v) is 7.76. The van der Waals surface area contributed by atoms with Gasteiger partial charge >= 0.3 is 0 Å². The van der Waals surface area contributed by atoms with Crippen molar-refractivity contribution in [1.82, 2.24) is 15.5 Å². The van der Waals surface area contributed by atoms with Gasteiger partial charge in [-0.05, 0) is 39.2 Å². The highest BCUT2D eigenvalue weighted by molar-refractivity contribution is 5.09. The molecule has 2 fully saturated rings. The summed E-state index contributed by atoms with van der Waals surface area (Å²) in [5.41, 5.74) is 0. The Hall–Kier alpha value is -0.940. The Bertz CT molecular complexity index is 460. The van der Waals surface area contributed by atoms with E-state index in [2.05, 4.69) is 31.2 Å². The minimum Gasteiger partial charge on any atom is -0.374 e. The molecule has 5 unspecified atom stereocenters. The molecule has 0 aromatic carbocycles. The fraction of sp³-hybridized carbons (Fsp3) is 0.867. The number of ether oxygens (including phenoxy) is 1. The van der Waals surface area contributed by atoms with E-state index in [4.69, 9.17) is 14.2 Å². The molecule has 0 amide bonds. The van der Waals surface area contributed by atoms with Crippen LogP contribution in [0.2, 0.25) is 0 Å². The maximum Gasteiger partial charge on any atom is 0.231 e. The molecule has 0 spiro atoms. The van der Waals surface area contributed by atoms with E-state index in [0.717, 1.165) is 24.6 Å². The van der Waals surface area contributed by atoms with Crippen molar-refractivity contribution in [3.8, 4) is 0 Å². The maximum absolute atomic E-state index is 5.89. The third-order valence-corrected chi connectivity index (χ3v) is 4.89. The van der Waals surface area contributed by atoms with Crippen molar-refractivity contribution in [3.63, 3.8) is 0 Å². The first-order chi connectivity index (χ1) is 9.60. The molecule has 0 saturated carbocycles. The highest BCUT2D eigenvalue weighted by Gasteiger charge is 2.44. The Balaban J connectivity index is 1.78. The molecule has 3 rings (SSSR count). The van der Waals surface area contributed by atoms with Crippen LogP contribution in [-0.4, -0.2) is 35.4 Å². The summed E-state index contributed by atoms with van der Waals surface area (Å²) >= 11 is 0. The third-order valence-electron chi connectivity index (χ3n) is 4.89. The average Bonchev–Trinajstić information content (AvgIpc) is 3.13. The molecule has 3 heterocycles. The van der Waals surface area contributed by atoms with Gasteiger partial charge in [0.15, 0.2) is 5.82 Å². The lowest BCUT2D eigenvalue weighted by Gasteiger charge is -2.23.